The number of halogens is 1. The van der Waals surface area contributed by atoms with Crippen molar-refractivity contribution in [2.75, 3.05) is 0 Å². The van der Waals surface area contributed by atoms with E-state index in [0.29, 0.717) is 5.56 Å². The van der Waals surface area contributed by atoms with Gasteiger partial charge in [-0.1, -0.05) is 0 Å². The van der Waals surface area contributed by atoms with Crippen LogP contribution < -0.4 is 0 Å². The largest absolute Gasteiger partial charge is 0.206 e. The molecule has 0 amide bonds. The predicted molar refractivity (Wildman–Crippen MR) is 33.6 cm³/mol. The summed E-state index contributed by atoms with van der Waals surface area (Å²) in [7, 11) is 0. The molecule has 0 fully saturated rings. The Hall–Kier alpha value is -0.880. The van der Waals surface area contributed by atoms with E-state index in [-0.39, 0.29) is 12.2 Å². The second-order valence-corrected chi connectivity index (χ2v) is 2.32. The molecule has 0 radical (unpaired) electrons. The fourth-order valence-corrected chi connectivity index (χ4v) is 1.22. The summed E-state index contributed by atoms with van der Waals surface area (Å²) >= 11 is 1.28. The Morgan fingerprint density at radius 3 is 2.89 bits per heavy atom. The van der Waals surface area contributed by atoms with Crippen molar-refractivity contribution in [1.29, 1.82) is 5.26 Å². The molecular formula is C6H4FNS. The predicted octanol–water partition coefficient (Wildman–Crippen LogP) is 1.95. The molecule has 3 heteroatoms. The van der Waals surface area contributed by atoms with Crippen LogP contribution in [0.25, 0.3) is 0 Å². The molecule has 1 heterocycles. The van der Waals surface area contributed by atoms with Crippen molar-refractivity contribution in [2.24, 2.45) is 0 Å². The zero-order chi connectivity index (χ0) is 6.69. The zero-order valence-corrected chi connectivity index (χ0v) is 5.41. The summed E-state index contributed by atoms with van der Waals surface area (Å²) in [6, 6.07) is 1.88. The maximum absolute atomic E-state index is 12.4. The van der Waals surface area contributed by atoms with E-state index in [9.17, 15) is 4.39 Å². The van der Waals surface area contributed by atoms with Gasteiger partial charge in [-0.05, 0) is 5.38 Å². The SMILES string of the molecule is N#CCc1cscc1F. The van der Waals surface area contributed by atoms with Crippen LogP contribution in [0.3, 0.4) is 0 Å². The minimum atomic E-state index is -0.262. The van der Waals surface area contributed by atoms with Gasteiger partial charge in [-0.15, -0.1) is 11.3 Å². The molecule has 1 aromatic heterocycles. The van der Waals surface area contributed by atoms with Gasteiger partial charge in [-0.3, -0.25) is 0 Å². The summed E-state index contributed by atoms with van der Waals surface area (Å²) in [5.41, 5.74) is 0.502. The summed E-state index contributed by atoms with van der Waals surface area (Å²) in [5, 5.41) is 11.2. The topological polar surface area (TPSA) is 23.8 Å². The Bertz CT molecular complexity index is 235. The number of hydrogen-bond acceptors (Lipinski definition) is 2. The lowest BCUT2D eigenvalue weighted by molar-refractivity contribution is 0.621. The Morgan fingerprint density at radius 1 is 1.67 bits per heavy atom. The molecule has 0 aromatic carbocycles. The first-order valence-electron chi connectivity index (χ1n) is 2.42. The van der Waals surface area contributed by atoms with E-state index in [1.54, 1.807) is 5.38 Å². The van der Waals surface area contributed by atoms with Gasteiger partial charge in [0.25, 0.3) is 0 Å². The van der Waals surface area contributed by atoms with Crippen LogP contribution in [0, 0.1) is 17.1 Å². The second kappa shape index (κ2) is 2.60. The maximum atomic E-state index is 12.4. The van der Waals surface area contributed by atoms with Gasteiger partial charge in [0.2, 0.25) is 0 Å². The number of thiophene rings is 1. The van der Waals surface area contributed by atoms with E-state index in [4.69, 9.17) is 5.26 Å². The number of nitriles is 1. The zero-order valence-electron chi connectivity index (χ0n) is 4.60. The molecule has 1 rings (SSSR count). The Balaban J connectivity index is 2.84. The number of hydrogen-bond donors (Lipinski definition) is 0. The van der Waals surface area contributed by atoms with Crippen LogP contribution in [0.1, 0.15) is 5.56 Å². The lowest BCUT2D eigenvalue weighted by Gasteiger charge is -1.82. The average Bonchev–Trinajstić information content (AvgIpc) is 2.18. The third-order valence-electron chi connectivity index (χ3n) is 0.958. The smallest absolute Gasteiger partial charge is 0.138 e. The van der Waals surface area contributed by atoms with Gasteiger partial charge in [0, 0.05) is 10.9 Å². The van der Waals surface area contributed by atoms with E-state index in [1.807, 2.05) is 6.07 Å². The van der Waals surface area contributed by atoms with Crippen LogP contribution in [0.5, 0.6) is 0 Å². The fraction of sp³-hybridized carbons (Fsp3) is 0.167. The van der Waals surface area contributed by atoms with Crippen molar-refractivity contribution in [3.63, 3.8) is 0 Å². The maximum Gasteiger partial charge on any atom is 0.138 e. The van der Waals surface area contributed by atoms with Crippen molar-refractivity contribution in [2.45, 2.75) is 6.42 Å². The lowest BCUT2D eigenvalue weighted by atomic mass is 10.2. The third-order valence-corrected chi connectivity index (χ3v) is 1.72. The summed E-state index contributed by atoms with van der Waals surface area (Å²) < 4.78 is 12.4. The van der Waals surface area contributed by atoms with Gasteiger partial charge in [-0.2, -0.15) is 5.26 Å². The Kier molecular flexibility index (Phi) is 1.81. The summed E-state index contributed by atoms with van der Waals surface area (Å²) in [6.07, 6.45) is 0.176. The van der Waals surface area contributed by atoms with Gasteiger partial charge < -0.3 is 0 Å². The number of nitrogens with zero attached hydrogens (tertiary/aromatic N) is 1. The van der Waals surface area contributed by atoms with Crippen LogP contribution in [0.2, 0.25) is 0 Å². The van der Waals surface area contributed by atoms with E-state index >= 15 is 0 Å². The van der Waals surface area contributed by atoms with E-state index < -0.39 is 0 Å². The molecule has 0 bridgehead atoms. The third kappa shape index (κ3) is 1.27. The molecule has 0 aliphatic rings. The summed E-state index contributed by atoms with van der Waals surface area (Å²) in [5.74, 6) is -0.262. The highest BCUT2D eigenvalue weighted by Gasteiger charge is 1.99. The molecule has 0 spiro atoms. The molecule has 46 valence electrons. The Labute approximate surface area is 56.4 Å². The van der Waals surface area contributed by atoms with Gasteiger partial charge in [0.15, 0.2) is 0 Å². The highest BCUT2D eigenvalue weighted by molar-refractivity contribution is 7.08. The van der Waals surface area contributed by atoms with Crippen LogP contribution in [-0.4, -0.2) is 0 Å². The summed E-state index contributed by atoms with van der Waals surface area (Å²) in [4.78, 5) is 0. The molecule has 9 heavy (non-hydrogen) atoms. The highest BCUT2D eigenvalue weighted by Crippen LogP contribution is 2.12. The van der Waals surface area contributed by atoms with Gasteiger partial charge in [0.1, 0.15) is 5.82 Å². The first kappa shape index (κ1) is 6.24. The number of rotatable bonds is 1. The molecular weight excluding hydrogens is 137 g/mol. The van der Waals surface area contributed by atoms with Crippen LogP contribution in [0.15, 0.2) is 10.8 Å². The average molecular weight is 141 g/mol. The fourth-order valence-electron chi connectivity index (χ4n) is 0.519. The minimum absolute atomic E-state index is 0.176. The van der Waals surface area contributed by atoms with Crippen molar-refractivity contribution < 1.29 is 4.39 Å². The monoisotopic (exact) mass is 141 g/mol. The molecule has 0 aliphatic heterocycles. The molecule has 0 atom stereocenters. The van der Waals surface area contributed by atoms with Gasteiger partial charge in [-0.25, -0.2) is 4.39 Å². The van der Waals surface area contributed by atoms with Crippen molar-refractivity contribution in [3.05, 3.63) is 22.1 Å². The quantitative estimate of drug-likeness (QED) is 0.586. The lowest BCUT2D eigenvalue weighted by Crippen LogP contribution is -1.78. The van der Waals surface area contributed by atoms with Gasteiger partial charge in [0.05, 0.1) is 12.5 Å². The van der Waals surface area contributed by atoms with E-state index in [1.165, 1.54) is 16.7 Å². The van der Waals surface area contributed by atoms with E-state index in [0.717, 1.165) is 0 Å². The molecule has 0 N–H and O–H groups in total. The second-order valence-electron chi connectivity index (χ2n) is 1.58. The summed E-state index contributed by atoms with van der Waals surface area (Å²) in [6.45, 7) is 0. The van der Waals surface area contributed by atoms with Crippen molar-refractivity contribution in [3.8, 4) is 6.07 Å². The highest BCUT2D eigenvalue weighted by atomic mass is 32.1. The standard InChI is InChI=1S/C6H4FNS/c7-6-4-9-3-5(6)1-2-8/h3-4H,1H2. The first-order valence-corrected chi connectivity index (χ1v) is 3.36. The molecule has 1 nitrogen and oxygen atoms in total. The van der Waals surface area contributed by atoms with Gasteiger partial charge >= 0.3 is 0 Å². The molecule has 0 unspecified atom stereocenters. The van der Waals surface area contributed by atoms with Crippen LogP contribution >= 0.6 is 11.3 Å². The minimum Gasteiger partial charge on any atom is -0.206 e. The van der Waals surface area contributed by atoms with Crippen LogP contribution in [0.4, 0.5) is 4.39 Å². The molecule has 1 aromatic rings. The molecule has 0 saturated carbocycles. The normalized spacial score (nSPS) is 8.89. The van der Waals surface area contributed by atoms with Crippen molar-refractivity contribution in [1.82, 2.24) is 0 Å². The van der Waals surface area contributed by atoms with Crippen LogP contribution in [-0.2, 0) is 6.42 Å². The Morgan fingerprint density at radius 2 is 2.44 bits per heavy atom. The first-order chi connectivity index (χ1) is 4.34. The molecule has 0 aliphatic carbocycles. The molecule has 0 saturated heterocycles. The van der Waals surface area contributed by atoms with Crippen molar-refractivity contribution >= 4 is 11.3 Å². The van der Waals surface area contributed by atoms with E-state index in [2.05, 4.69) is 0 Å².